The highest BCUT2D eigenvalue weighted by molar-refractivity contribution is 6.30. The number of esters is 1. The number of aromatic nitrogens is 4. The second kappa shape index (κ2) is 8.94. The summed E-state index contributed by atoms with van der Waals surface area (Å²) in [6.07, 6.45) is 3.85. The molecule has 32 heavy (non-hydrogen) atoms. The third kappa shape index (κ3) is 3.99. The van der Waals surface area contributed by atoms with Gasteiger partial charge in [-0.2, -0.15) is 0 Å². The minimum atomic E-state index is -0.673. The summed E-state index contributed by atoms with van der Waals surface area (Å²) >= 11 is 6.11. The maximum Gasteiger partial charge on any atom is 0.330 e. The Hall–Kier alpha value is -2.87. The van der Waals surface area contributed by atoms with Crippen LogP contribution in [0, 0.1) is 0 Å². The quantitative estimate of drug-likeness (QED) is 0.494. The van der Waals surface area contributed by atoms with Gasteiger partial charge >= 0.3 is 11.7 Å². The SMILES string of the molecule is CCCCn1c(=O)[nH]c(=O)c2c1nc(COC(=O)C1(c3cccc(Cl)c3)CC1)n2CCC. The van der Waals surface area contributed by atoms with Crippen LogP contribution in [0.1, 0.15) is 57.3 Å². The van der Waals surface area contributed by atoms with Gasteiger partial charge in [-0.05, 0) is 43.4 Å². The first-order valence-electron chi connectivity index (χ1n) is 11.1. The maximum absolute atomic E-state index is 13.0. The smallest absolute Gasteiger partial charge is 0.330 e. The van der Waals surface area contributed by atoms with E-state index in [-0.39, 0.29) is 12.6 Å². The Morgan fingerprint density at radius 3 is 2.62 bits per heavy atom. The number of nitrogens with zero attached hydrogens (tertiary/aromatic N) is 3. The van der Waals surface area contributed by atoms with E-state index in [4.69, 9.17) is 16.3 Å². The summed E-state index contributed by atoms with van der Waals surface area (Å²) in [6.45, 7) is 4.93. The molecule has 0 spiro atoms. The van der Waals surface area contributed by atoms with Crippen LogP contribution in [0.25, 0.3) is 11.2 Å². The van der Waals surface area contributed by atoms with Crippen molar-refractivity contribution >= 4 is 28.7 Å². The van der Waals surface area contributed by atoms with Crippen molar-refractivity contribution in [2.75, 3.05) is 0 Å². The van der Waals surface area contributed by atoms with Crippen LogP contribution >= 0.6 is 11.6 Å². The normalized spacial score (nSPS) is 14.6. The Kier molecular flexibility index (Phi) is 6.24. The second-order valence-corrected chi connectivity index (χ2v) is 8.72. The number of fused-ring (bicyclic) bond motifs is 1. The number of rotatable bonds is 9. The van der Waals surface area contributed by atoms with Gasteiger partial charge in [-0.1, -0.05) is 44.0 Å². The molecule has 3 aromatic rings. The molecule has 2 heterocycles. The first kappa shape index (κ1) is 22.3. The minimum absolute atomic E-state index is 0.0722. The highest BCUT2D eigenvalue weighted by Crippen LogP contribution is 2.49. The number of hydrogen-bond donors (Lipinski definition) is 1. The molecule has 4 rings (SSSR count). The third-order valence-corrected chi connectivity index (χ3v) is 6.23. The van der Waals surface area contributed by atoms with E-state index in [0.717, 1.165) is 24.8 Å². The molecule has 1 aliphatic rings. The van der Waals surface area contributed by atoms with Gasteiger partial charge in [-0.3, -0.25) is 19.1 Å². The molecule has 8 nitrogen and oxygen atoms in total. The topological polar surface area (TPSA) is 99.0 Å². The number of carbonyl (C=O) groups excluding carboxylic acids is 1. The number of benzene rings is 1. The van der Waals surface area contributed by atoms with E-state index < -0.39 is 16.7 Å². The van der Waals surface area contributed by atoms with E-state index in [9.17, 15) is 14.4 Å². The number of ether oxygens (including phenoxy) is 1. The minimum Gasteiger partial charge on any atom is -0.457 e. The molecule has 1 N–H and O–H groups in total. The Morgan fingerprint density at radius 2 is 1.97 bits per heavy atom. The van der Waals surface area contributed by atoms with Crippen LogP contribution in [0.15, 0.2) is 33.9 Å². The van der Waals surface area contributed by atoms with Gasteiger partial charge in [-0.25, -0.2) is 9.78 Å². The molecule has 0 atom stereocenters. The first-order chi connectivity index (χ1) is 15.4. The van der Waals surface area contributed by atoms with Crippen molar-refractivity contribution in [3.05, 3.63) is 61.5 Å². The van der Waals surface area contributed by atoms with E-state index in [2.05, 4.69) is 9.97 Å². The number of aryl methyl sites for hydroxylation is 2. The molecule has 1 aromatic carbocycles. The maximum atomic E-state index is 13.0. The molecule has 0 bridgehead atoms. The van der Waals surface area contributed by atoms with Crippen molar-refractivity contribution in [2.45, 2.75) is 71.1 Å². The molecular formula is C23H27ClN4O4. The number of halogens is 1. The zero-order valence-electron chi connectivity index (χ0n) is 18.3. The lowest BCUT2D eigenvalue weighted by molar-refractivity contribution is -0.148. The van der Waals surface area contributed by atoms with E-state index in [0.29, 0.717) is 47.9 Å². The van der Waals surface area contributed by atoms with Crippen molar-refractivity contribution in [3.63, 3.8) is 0 Å². The Morgan fingerprint density at radius 1 is 1.19 bits per heavy atom. The molecule has 1 fully saturated rings. The van der Waals surface area contributed by atoms with Gasteiger partial charge in [0.1, 0.15) is 12.4 Å². The third-order valence-electron chi connectivity index (χ3n) is 6.00. The van der Waals surface area contributed by atoms with Gasteiger partial charge < -0.3 is 9.30 Å². The van der Waals surface area contributed by atoms with Crippen LogP contribution in [0.2, 0.25) is 5.02 Å². The fourth-order valence-corrected chi connectivity index (χ4v) is 4.30. The average Bonchev–Trinajstić information content (AvgIpc) is 3.50. The lowest BCUT2D eigenvalue weighted by Crippen LogP contribution is -2.31. The van der Waals surface area contributed by atoms with Crippen LogP contribution in [0.4, 0.5) is 0 Å². The number of aromatic amines is 1. The Balaban J connectivity index is 1.66. The summed E-state index contributed by atoms with van der Waals surface area (Å²) in [5, 5.41) is 0.579. The van der Waals surface area contributed by atoms with Crippen LogP contribution in [-0.4, -0.2) is 25.1 Å². The van der Waals surface area contributed by atoms with E-state index in [1.807, 2.05) is 26.0 Å². The van der Waals surface area contributed by atoms with E-state index in [1.54, 1.807) is 16.7 Å². The molecular weight excluding hydrogens is 432 g/mol. The predicted molar refractivity (Wildman–Crippen MR) is 122 cm³/mol. The highest BCUT2D eigenvalue weighted by atomic mass is 35.5. The number of carbonyl (C=O) groups is 1. The number of H-pyrrole nitrogens is 1. The molecule has 0 aliphatic heterocycles. The van der Waals surface area contributed by atoms with Crippen LogP contribution in [0.3, 0.4) is 0 Å². The zero-order valence-corrected chi connectivity index (χ0v) is 19.1. The first-order valence-corrected chi connectivity index (χ1v) is 11.4. The molecule has 0 saturated heterocycles. The average molecular weight is 459 g/mol. The number of nitrogens with one attached hydrogen (secondary N) is 1. The molecule has 0 radical (unpaired) electrons. The molecule has 1 aliphatic carbocycles. The lowest BCUT2D eigenvalue weighted by atomic mass is 9.96. The summed E-state index contributed by atoms with van der Waals surface area (Å²) in [7, 11) is 0. The molecule has 0 unspecified atom stereocenters. The lowest BCUT2D eigenvalue weighted by Gasteiger charge is -2.15. The van der Waals surface area contributed by atoms with Crippen molar-refractivity contribution in [3.8, 4) is 0 Å². The van der Waals surface area contributed by atoms with Gasteiger partial charge in [-0.15, -0.1) is 0 Å². The molecule has 1 saturated carbocycles. The summed E-state index contributed by atoms with van der Waals surface area (Å²) in [4.78, 5) is 45.0. The summed E-state index contributed by atoms with van der Waals surface area (Å²) in [6, 6.07) is 7.29. The van der Waals surface area contributed by atoms with Gasteiger partial charge in [0.25, 0.3) is 5.56 Å². The monoisotopic (exact) mass is 458 g/mol. The van der Waals surface area contributed by atoms with Gasteiger partial charge in [0.05, 0.1) is 5.41 Å². The zero-order chi connectivity index (χ0) is 22.9. The Bertz CT molecular complexity index is 1270. The van der Waals surface area contributed by atoms with E-state index >= 15 is 0 Å². The van der Waals surface area contributed by atoms with Gasteiger partial charge in [0.2, 0.25) is 0 Å². The Labute approximate surface area is 190 Å². The number of imidazole rings is 1. The standard InChI is InChI=1S/C23H27ClN4O4/c1-3-5-12-28-19-18(20(29)26-22(28)31)27(11-4-2)17(25-19)14-32-21(30)23(9-10-23)15-7-6-8-16(24)13-15/h6-8,13H,3-5,9-12,14H2,1-2H3,(H,26,29,31). The number of hydrogen-bond acceptors (Lipinski definition) is 5. The summed E-state index contributed by atoms with van der Waals surface area (Å²) in [5.41, 5.74) is -0.103. The molecule has 0 amide bonds. The summed E-state index contributed by atoms with van der Waals surface area (Å²) in [5.74, 6) is 0.130. The van der Waals surface area contributed by atoms with Gasteiger partial charge in [0, 0.05) is 18.1 Å². The van der Waals surface area contributed by atoms with Crippen LogP contribution in [-0.2, 0) is 34.6 Å². The van der Waals surface area contributed by atoms with Crippen molar-refractivity contribution < 1.29 is 9.53 Å². The van der Waals surface area contributed by atoms with Crippen LogP contribution in [0.5, 0.6) is 0 Å². The number of unbranched alkanes of at least 4 members (excludes halogenated alkanes) is 1. The second-order valence-electron chi connectivity index (χ2n) is 8.28. The predicted octanol–water partition coefficient (Wildman–Crippen LogP) is 3.52. The fraction of sp³-hybridized carbons (Fsp3) is 0.478. The largest absolute Gasteiger partial charge is 0.457 e. The highest BCUT2D eigenvalue weighted by Gasteiger charge is 2.53. The summed E-state index contributed by atoms with van der Waals surface area (Å²) < 4.78 is 8.94. The fourth-order valence-electron chi connectivity index (χ4n) is 4.11. The van der Waals surface area contributed by atoms with Crippen LogP contribution < -0.4 is 11.2 Å². The molecule has 2 aromatic heterocycles. The van der Waals surface area contributed by atoms with Crippen molar-refractivity contribution in [1.82, 2.24) is 19.1 Å². The molecule has 170 valence electrons. The van der Waals surface area contributed by atoms with Crippen molar-refractivity contribution in [2.24, 2.45) is 0 Å². The van der Waals surface area contributed by atoms with Gasteiger partial charge in [0.15, 0.2) is 11.2 Å². The van der Waals surface area contributed by atoms with E-state index in [1.165, 1.54) is 4.57 Å². The molecule has 9 heteroatoms. The van der Waals surface area contributed by atoms with Crippen molar-refractivity contribution in [1.29, 1.82) is 0 Å².